The summed E-state index contributed by atoms with van der Waals surface area (Å²) >= 11 is 1.54. The fraction of sp³-hybridized carbons (Fsp3) is 0.529. The van der Waals surface area contributed by atoms with Crippen molar-refractivity contribution in [2.45, 2.75) is 36.2 Å². The zero-order valence-corrected chi connectivity index (χ0v) is 17.1. The predicted octanol–water partition coefficient (Wildman–Crippen LogP) is 1.16. The fourth-order valence-electron chi connectivity index (χ4n) is 2.38. The number of esters is 1. The molecule has 0 heterocycles. The molecular weight excluding hydrogens is 392 g/mol. The first-order valence-corrected chi connectivity index (χ1v) is 11.3. The molecule has 0 spiro atoms. The lowest BCUT2D eigenvalue weighted by molar-refractivity contribution is -0.142. The number of hydrogen-bond donors (Lipinski definition) is 2. The quantitative estimate of drug-likeness (QED) is 0.551. The molecular formula is C17H24N2O6S2. The number of thioether (sulfide) groups is 1. The first kappa shape index (κ1) is 21.5. The van der Waals surface area contributed by atoms with Crippen molar-refractivity contribution in [1.29, 1.82) is 0 Å². The highest BCUT2D eigenvalue weighted by molar-refractivity contribution is 7.98. The zero-order chi connectivity index (χ0) is 20.0. The van der Waals surface area contributed by atoms with Crippen molar-refractivity contribution >= 4 is 33.7 Å². The highest BCUT2D eigenvalue weighted by Crippen LogP contribution is 2.28. The van der Waals surface area contributed by atoms with Crippen LogP contribution in [0.4, 0.5) is 0 Å². The van der Waals surface area contributed by atoms with Crippen LogP contribution in [0.2, 0.25) is 0 Å². The third-order valence-corrected chi connectivity index (χ3v) is 6.20. The smallest absolute Gasteiger partial charge is 0.328 e. The van der Waals surface area contributed by atoms with Crippen LogP contribution in [0.15, 0.2) is 23.1 Å². The number of amides is 1. The maximum atomic E-state index is 12.6. The lowest BCUT2D eigenvalue weighted by atomic mass is 10.1. The Labute approximate surface area is 163 Å². The van der Waals surface area contributed by atoms with Crippen LogP contribution in [0, 0.1) is 0 Å². The lowest BCUT2D eigenvalue weighted by Gasteiger charge is -2.17. The number of methoxy groups -OCH3 is 2. The standard InChI is InChI=1S/C17H24N2O6S2/c1-24-14-7-4-11(10-15(14)27(22,23)19-12-5-6-12)16(20)18-13(8-9-26-3)17(21)25-2/h4,7,10,12-13,19H,5-6,8-9H2,1-3H3,(H,18,20)/t13-/m1/s1. The van der Waals surface area contributed by atoms with E-state index in [1.54, 1.807) is 0 Å². The van der Waals surface area contributed by atoms with Crippen LogP contribution in [0.1, 0.15) is 29.6 Å². The lowest BCUT2D eigenvalue weighted by Crippen LogP contribution is -2.42. The maximum absolute atomic E-state index is 12.6. The molecule has 1 amide bonds. The molecule has 1 atom stereocenters. The van der Waals surface area contributed by atoms with E-state index in [1.807, 2.05) is 6.26 Å². The molecule has 1 aromatic rings. The second-order valence-electron chi connectivity index (χ2n) is 6.09. The van der Waals surface area contributed by atoms with E-state index in [1.165, 1.54) is 44.2 Å². The van der Waals surface area contributed by atoms with Crippen molar-refractivity contribution < 1.29 is 27.5 Å². The monoisotopic (exact) mass is 416 g/mol. The number of ether oxygens (including phenoxy) is 2. The Balaban J connectivity index is 2.25. The van der Waals surface area contributed by atoms with Gasteiger partial charge in [0.1, 0.15) is 16.7 Å². The van der Waals surface area contributed by atoms with Gasteiger partial charge in [0.05, 0.1) is 14.2 Å². The highest BCUT2D eigenvalue weighted by Gasteiger charge is 2.30. The van der Waals surface area contributed by atoms with Crippen molar-refractivity contribution in [1.82, 2.24) is 10.0 Å². The molecule has 0 radical (unpaired) electrons. The molecule has 1 saturated carbocycles. The second kappa shape index (κ2) is 9.43. The van der Waals surface area contributed by atoms with Gasteiger partial charge in [-0.15, -0.1) is 0 Å². The van der Waals surface area contributed by atoms with E-state index < -0.39 is 27.9 Å². The van der Waals surface area contributed by atoms with E-state index in [0.29, 0.717) is 12.2 Å². The molecule has 0 saturated heterocycles. The molecule has 0 unspecified atom stereocenters. The molecule has 0 bridgehead atoms. The minimum absolute atomic E-state index is 0.0764. The first-order valence-electron chi connectivity index (χ1n) is 8.40. The SMILES string of the molecule is COC(=O)[C@@H](CCSC)NC(=O)c1ccc(OC)c(S(=O)(=O)NC2CC2)c1. The van der Waals surface area contributed by atoms with E-state index in [9.17, 15) is 18.0 Å². The molecule has 2 N–H and O–H groups in total. The summed E-state index contributed by atoms with van der Waals surface area (Å²) in [6.45, 7) is 0. The maximum Gasteiger partial charge on any atom is 0.328 e. The summed E-state index contributed by atoms with van der Waals surface area (Å²) in [6.07, 6.45) is 3.88. The minimum Gasteiger partial charge on any atom is -0.495 e. The second-order valence-corrected chi connectivity index (χ2v) is 8.76. The summed E-state index contributed by atoms with van der Waals surface area (Å²) in [4.78, 5) is 24.3. The van der Waals surface area contributed by atoms with Crippen LogP contribution < -0.4 is 14.8 Å². The molecule has 27 heavy (non-hydrogen) atoms. The van der Waals surface area contributed by atoms with Gasteiger partial charge < -0.3 is 14.8 Å². The van der Waals surface area contributed by atoms with Gasteiger partial charge in [-0.05, 0) is 49.5 Å². The van der Waals surface area contributed by atoms with Gasteiger partial charge >= 0.3 is 5.97 Å². The number of rotatable bonds is 10. The topological polar surface area (TPSA) is 111 Å². The molecule has 2 rings (SSSR count). The molecule has 1 aliphatic carbocycles. The van der Waals surface area contributed by atoms with Crippen LogP contribution in [0.5, 0.6) is 5.75 Å². The normalized spacial score (nSPS) is 15.1. The Hall–Kier alpha value is -1.78. The zero-order valence-electron chi connectivity index (χ0n) is 15.5. The Bertz CT molecular complexity index is 793. The number of carbonyl (C=O) groups is 2. The molecule has 10 heteroatoms. The molecule has 1 aromatic carbocycles. The number of nitrogens with one attached hydrogen (secondary N) is 2. The molecule has 150 valence electrons. The predicted molar refractivity (Wildman–Crippen MR) is 103 cm³/mol. The summed E-state index contributed by atoms with van der Waals surface area (Å²) in [6, 6.07) is 3.24. The number of hydrogen-bond acceptors (Lipinski definition) is 7. The highest BCUT2D eigenvalue weighted by atomic mass is 32.2. The van der Waals surface area contributed by atoms with Crippen molar-refractivity contribution in [3.63, 3.8) is 0 Å². The van der Waals surface area contributed by atoms with Gasteiger partial charge in [-0.3, -0.25) is 4.79 Å². The van der Waals surface area contributed by atoms with Gasteiger partial charge in [0.2, 0.25) is 10.0 Å². The summed E-state index contributed by atoms with van der Waals surface area (Å²) in [5, 5.41) is 2.61. The van der Waals surface area contributed by atoms with E-state index in [-0.39, 0.29) is 22.3 Å². The van der Waals surface area contributed by atoms with Crippen molar-refractivity contribution in [3.05, 3.63) is 23.8 Å². The van der Waals surface area contributed by atoms with Gasteiger partial charge in [0.25, 0.3) is 5.91 Å². The van der Waals surface area contributed by atoms with Crippen molar-refractivity contribution in [2.75, 3.05) is 26.2 Å². The first-order chi connectivity index (χ1) is 12.8. The largest absolute Gasteiger partial charge is 0.495 e. The van der Waals surface area contributed by atoms with Gasteiger partial charge in [0, 0.05) is 11.6 Å². The van der Waals surface area contributed by atoms with Crippen LogP contribution in [0.25, 0.3) is 0 Å². The van der Waals surface area contributed by atoms with Crippen LogP contribution in [-0.2, 0) is 19.6 Å². The summed E-state index contributed by atoms with van der Waals surface area (Å²) in [5.41, 5.74) is 0.116. The van der Waals surface area contributed by atoms with E-state index in [0.717, 1.165) is 12.8 Å². The van der Waals surface area contributed by atoms with Gasteiger partial charge in [-0.1, -0.05) is 0 Å². The van der Waals surface area contributed by atoms with Crippen molar-refractivity contribution in [2.24, 2.45) is 0 Å². The Morgan fingerprint density at radius 1 is 1.30 bits per heavy atom. The minimum atomic E-state index is -3.81. The van der Waals surface area contributed by atoms with Crippen molar-refractivity contribution in [3.8, 4) is 5.75 Å². The Kier molecular flexibility index (Phi) is 7.51. The molecule has 1 aliphatic rings. The Morgan fingerprint density at radius 2 is 2.00 bits per heavy atom. The summed E-state index contributed by atoms with van der Waals surface area (Å²) < 4.78 is 37.5. The van der Waals surface area contributed by atoms with Crippen LogP contribution in [0.3, 0.4) is 0 Å². The fourth-order valence-corrected chi connectivity index (χ4v) is 4.35. The molecule has 0 aliphatic heterocycles. The molecule has 8 nitrogen and oxygen atoms in total. The average Bonchev–Trinajstić information content (AvgIpc) is 3.46. The number of benzene rings is 1. The van der Waals surface area contributed by atoms with Gasteiger partial charge in [0.15, 0.2) is 0 Å². The summed E-state index contributed by atoms with van der Waals surface area (Å²) in [7, 11) is -1.20. The van der Waals surface area contributed by atoms with Gasteiger partial charge in [-0.25, -0.2) is 17.9 Å². The summed E-state index contributed by atoms with van der Waals surface area (Å²) in [5.74, 6) is -0.300. The molecule has 1 fully saturated rings. The van der Waals surface area contributed by atoms with E-state index >= 15 is 0 Å². The number of carbonyl (C=O) groups excluding carboxylic acids is 2. The van der Waals surface area contributed by atoms with Crippen LogP contribution >= 0.6 is 11.8 Å². The van der Waals surface area contributed by atoms with Crippen LogP contribution in [-0.4, -0.2) is 58.6 Å². The Morgan fingerprint density at radius 3 is 2.56 bits per heavy atom. The third kappa shape index (κ3) is 5.85. The average molecular weight is 417 g/mol. The molecule has 0 aromatic heterocycles. The number of sulfonamides is 1. The third-order valence-electron chi connectivity index (χ3n) is 4.02. The van der Waals surface area contributed by atoms with Gasteiger partial charge in [-0.2, -0.15) is 11.8 Å². The van der Waals surface area contributed by atoms with E-state index in [2.05, 4.69) is 10.0 Å². The van der Waals surface area contributed by atoms with E-state index in [4.69, 9.17) is 9.47 Å².